The molecule has 0 unspecified atom stereocenters. The molecule has 0 aliphatic carbocycles. The van der Waals surface area contributed by atoms with Gasteiger partial charge in [0.25, 0.3) is 5.56 Å². The van der Waals surface area contributed by atoms with E-state index in [1.165, 1.54) is 30.6 Å². The summed E-state index contributed by atoms with van der Waals surface area (Å²) in [6.45, 7) is -0.332. The molecule has 0 radical (unpaired) electrons. The van der Waals surface area contributed by atoms with Gasteiger partial charge in [-0.05, 0) is 30.3 Å². The summed E-state index contributed by atoms with van der Waals surface area (Å²) in [5.74, 6) is -1.16. The van der Waals surface area contributed by atoms with E-state index in [1.54, 1.807) is 6.07 Å². The molecule has 1 amide bonds. The standard InChI is InChI=1S/C16H9BrCl2FN3O2/c17-8-1-2-13(12(20)3-8)22-14(24)6-23-7-21-15-10(16(23)25)4-9(18)5-11(15)19/h1-5,7H,6H2,(H,22,24). The lowest BCUT2D eigenvalue weighted by Gasteiger charge is -2.09. The lowest BCUT2D eigenvalue weighted by molar-refractivity contribution is -0.116. The number of halogens is 4. The Bertz CT molecular complexity index is 1060. The zero-order valence-corrected chi connectivity index (χ0v) is 15.5. The molecule has 0 aliphatic heterocycles. The fraction of sp³-hybridized carbons (Fsp3) is 0.0625. The number of nitrogens with one attached hydrogen (secondary N) is 1. The fourth-order valence-electron chi connectivity index (χ4n) is 2.24. The van der Waals surface area contributed by atoms with E-state index in [4.69, 9.17) is 23.2 Å². The maximum absolute atomic E-state index is 13.8. The van der Waals surface area contributed by atoms with Crippen LogP contribution in [0.1, 0.15) is 0 Å². The Morgan fingerprint density at radius 1 is 1.28 bits per heavy atom. The van der Waals surface area contributed by atoms with E-state index >= 15 is 0 Å². The number of anilines is 1. The van der Waals surface area contributed by atoms with Crippen molar-refractivity contribution in [3.05, 3.63) is 67.3 Å². The normalized spacial score (nSPS) is 10.9. The number of carbonyl (C=O) groups excluding carboxylic acids is 1. The molecule has 3 aromatic rings. The van der Waals surface area contributed by atoms with E-state index in [0.717, 1.165) is 4.57 Å². The van der Waals surface area contributed by atoms with Gasteiger partial charge in [0, 0.05) is 9.50 Å². The first-order chi connectivity index (χ1) is 11.8. The average molecular weight is 445 g/mol. The lowest BCUT2D eigenvalue weighted by Crippen LogP contribution is -2.28. The first-order valence-corrected chi connectivity index (χ1v) is 8.49. The summed E-state index contributed by atoms with van der Waals surface area (Å²) < 4.78 is 15.4. The monoisotopic (exact) mass is 443 g/mol. The molecule has 0 spiro atoms. The highest BCUT2D eigenvalue weighted by atomic mass is 79.9. The lowest BCUT2D eigenvalue weighted by atomic mass is 10.2. The van der Waals surface area contributed by atoms with Crippen LogP contribution in [-0.4, -0.2) is 15.5 Å². The van der Waals surface area contributed by atoms with Gasteiger partial charge in [-0.15, -0.1) is 0 Å². The van der Waals surface area contributed by atoms with E-state index < -0.39 is 17.3 Å². The maximum Gasteiger partial charge on any atom is 0.261 e. The summed E-state index contributed by atoms with van der Waals surface area (Å²) in [6, 6.07) is 7.14. The molecule has 0 atom stereocenters. The van der Waals surface area contributed by atoms with Crippen molar-refractivity contribution in [3.63, 3.8) is 0 Å². The highest BCUT2D eigenvalue weighted by Crippen LogP contribution is 2.24. The highest BCUT2D eigenvalue weighted by Gasteiger charge is 2.12. The van der Waals surface area contributed by atoms with Crippen LogP contribution < -0.4 is 10.9 Å². The van der Waals surface area contributed by atoms with Gasteiger partial charge in [-0.25, -0.2) is 9.37 Å². The number of hydrogen-bond donors (Lipinski definition) is 1. The van der Waals surface area contributed by atoms with Gasteiger partial charge in [0.2, 0.25) is 5.91 Å². The third kappa shape index (κ3) is 3.84. The van der Waals surface area contributed by atoms with Gasteiger partial charge in [0.05, 0.1) is 27.9 Å². The van der Waals surface area contributed by atoms with E-state index in [-0.39, 0.29) is 27.7 Å². The Kier molecular flexibility index (Phi) is 5.08. The number of nitrogens with zero attached hydrogens (tertiary/aromatic N) is 2. The summed E-state index contributed by atoms with van der Waals surface area (Å²) in [6.07, 6.45) is 1.21. The van der Waals surface area contributed by atoms with Crippen molar-refractivity contribution in [3.8, 4) is 0 Å². The Morgan fingerprint density at radius 3 is 2.76 bits per heavy atom. The minimum absolute atomic E-state index is 0.0149. The third-order valence-corrected chi connectivity index (χ3v) is 4.36. The Morgan fingerprint density at radius 2 is 2.04 bits per heavy atom. The second-order valence-electron chi connectivity index (χ2n) is 5.13. The van der Waals surface area contributed by atoms with E-state index in [2.05, 4.69) is 26.2 Å². The molecule has 9 heteroatoms. The minimum atomic E-state index is -0.592. The summed E-state index contributed by atoms with van der Waals surface area (Å²) in [4.78, 5) is 28.7. The molecule has 3 rings (SSSR count). The smallest absolute Gasteiger partial charge is 0.261 e. The second kappa shape index (κ2) is 7.11. The number of rotatable bonds is 3. The van der Waals surface area contributed by atoms with Crippen LogP contribution in [0, 0.1) is 5.82 Å². The third-order valence-electron chi connectivity index (χ3n) is 3.36. The maximum atomic E-state index is 13.8. The van der Waals surface area contributed by atoms with Gasteiger partial charge in [0.15, 0.2) is 0 Å². The van der Waals surface area contributed by atoms with Gasteiger partial charge in [-0.1, -0.05) is 39.1 Å². The van der Waals surface area contributed by atoms with E-state index in [0.29, 0.717) is 9.99 Å². The van der Waals surface area contributed by atoms with Crippen LogP contribution >= 0.6 is 39.1 Å². The second-order valence-corrected chi connectivity index (χ2v) is 6.89. The van der Waals surface area contributed by atoms with Crippen LogP contribution in [0.15, 0.2) is 45.9 Å². The summed E-state index contributed by atoms with van der Waals surface area (Å²) >= 11 is 15.0. The summed E-state index contributed by atoms with van der Waals surface area (Å²) in [5.41, 5.74) is -0.159. The molecule has 2 aromatic carbocycles. The van der Waals surface area contributed by atoms with Crippen molar-refractivity contribution in [2.45, 2.75) is 6.54 Å². The molecule has 1 aromatic heterocycles. The molecule has 5 nitrogen and oxygen atoms in total. The van der Waals surface area contributed by atoms with Crippen LogP contribution in [0.4, 0.5) is 10.1 Å². The predicted molar refractivity (Wildman–Crippen MR) is 98.8 cm³/mol. The highest BCUT2D eigenvalue weighted by molar-refractivity contribution is 9.10. The topological polar surface area (TPSA) is 64.0 Å². The quantitative estimate of drug-likeness (QED) is 0.656. The largest absolute Gasteiger partial charge is 0.322 e. The van der Waals surface area contributed by atoms with Gasteiger partial charge >= 0.3 is 0 Å². The van der Waals surface area contributed by atoms with Crippen molar-refractivity contribution in [2.75, 3.05) is 5.32 Å². The summed E-state index contributed by atoms with van der Waals surface area (Å²) in [7, 11) is 0. The van der Waals surface area contributed by atoms with Gasteiger partial charge < -0.3 is 5.32 Å². The van der Waals surface area contributed by atoms with Crippen LogP contribution in [0.5, 0.6) is 0 Å². The van der Waals surface area contributed by atoms with Crippen molar-refractivity contribution in [2.24, 2.45) is 0 Å². The first-order valence-electron chi connectivity index (χ1n) is 6.94. The molecule has 0 aliphatic rings. The molecule has 0 fully saturated rings. The number of carbonyl (C=O) groups is 1. The number of hydrogen-bond acceptors (Lipinski definition) is 3. The number of aromatic nitrogens is 2. The van der Waals surface area contributed by atoms with Crippen LogP contribution in [0.3, 0.4) is 0 Å². The zero-order valence-electron chi connectivity index (χ0n) is 12.4. The fourth-order valence-corrected chi connectivity index (χ4v) is 3.12. The van der Waals surface area contributed by atoms with Crippen molar-refractivity contribution < 1.29 is 9.18 Å². The van der Waals surface area contributed by atoms with Crippen molar-refractivity contribution in [1.29, 1.82) is 0 Å². The first kappa shape index (κ1) is 17.8. The zero-order chi connectivity index (χ0) is 18.1. The molecule has 25 heavy (non-hydrogen) atoms. The summed E-state index contributed by atoms with van der Waals surface area (Å²) in [5, 5.41) is 3.14. The number of fused-ring (bicyclic) bond motifs is 1. The van der Waals surface area contributed by atoms with Crippen molar-refractivity contribution in [1.82, 2.24) is 9.55 Å². The number of benzene rings is 2. The van der Waals surface area contributed by atoms with Crippen LogP contribution in [0.2, 0.25) is 10.0 Å². The number of amides is 1. The molecular weight excluding hydrogens is 436 g/mol. The van der Waals surface area contributed by atoms with Crippen LogP contribution in [0.25, 0.3) is 10.9 Å². The van der Waals surface area contributed by atoms with E-state index in [1.807, 2.05) is 0 Å². The van der Waals surface area contributed by atoms with Crippen LogP contribution in [-0.2, 0) is 11.3 Å². The molecule has 0 bridgehead atoms. The molecule has 1 N–H and O–H groups in total. The Hall–Kier alpha value is -1.96. The van der Waals surface area contributed by atoms with Gasteiger partial charge in [-0.3, -0.25) is 14.2 Å². The molecule has 0 saturated heterocycles. The average Bonchev–Trinajstić information content (AvgIpc) is 2.53. The van der Waals surface area contributed by atoms with Gasteiger partial charge in [-0.2, -0.15) is 0 Å². The van der Waals surface area contributed by atoms with Gasteiger partial charge in [0.1, 0.15) is 12.4 Å². The molecular formula is C16H9BrCl2FN3O2. The van der Waals surface area contributed by atoms with Crippen molar-refractivity contribution >= 4 is 61.6 Å². The SMILES string of the molecule is O=C(Cn1cnc2c(Cl)cc(Cl)cc2c1=O)Nc1ccc(Br)cc1F. The molecule has 128 valence electrons. The predicted octanol–water partition coefficient (Wildman–Crippen LogP) is 4.24. The minimum Gasteiger partial charge on any atom is -0.322 e. The molecule has 0 saturated carbocycles. The molecule has 1 heterocycles. The Labute approximate surface area is 159 Å². The Balaban J connectivity index is 1.89. The van der Waals surface area contributed by atoms with E-state index in [9.17, 15) is 14.0 Å².